The third kappa shape index (κ3) is 3.14. The second-order valence-electron chi connectivity index (χ2n) is 2.91. The molecule has 0 amide bonds. The van der Waals surface area contributed by atoms with Crippen molar-refractivity contribution in [1.29, 1.82) is 0 Å². The second kappa shape index (κ2) is 5.34. The zero-order valence-electron chi connectivity index (χ0n) is 8.54. The smallest absolute Gasteiger partial charge is 0.122 e. The summed E-state index contributed by atoms with van der Waals surface area (Å²) >= 11 is 0. The Kier molecular flexibility index (Phi) is 4.07. The average Bonchev–Trinajstić information content (AvgIpc) is 2.17. The van der Waals surface area contributed by atoms with Gasteiger partial charge in [-0.05, 0) is 6.07 Å². The molecular weight excluding hydrogens is 180 g/mol. The van der Waals surface area contributed by atoms with E-state index in [1.807, 2.05) is 12.1 Å². The SMILES string of the molecule is COCCNc1cc(N)cc(OC)c1. The number of methoxy groups -OCH3 is 2. The van der Waals surface area contributed by atoms with E-state index in [4.69, 9.17) is 15.2 Å². The number of hydrogen-bond donors (Lipinski definition) is 2. The maximum Gasteiger partial charge on any atom is 0.122 e. The molecule has 1 aromatic rings. The molecule has 0 aliphatic rings. The monoisotopic (exact) mass is 196 g/mol. The molecule has 0 heterocycles. The minimum Gasteiger partial charge on any atom is -0.497 e. The first-order chi connectivity index (χ1) is 6.76. The molecule has 0 radical (unpaired) electrons. The van der Waals surface area contributed by atoms with Gasteiger partial charge in [0, 0.05) is 37.2 Å². The van der Waals surface area contributed by atoms with Crippen LogP contribution < -0.4 is 15.8 Å². The highest BCUT2D eigenvalue weighted by Gasteiger charge is 1.97. The first kappa shape index (κ1) is 10.7. The number of nitrogens with one attached hydrogen (secondary N) is 1. The van der Waals surface area contributed by atoms with Gasteiger partial charge in [0.2, 0.25) is 0 Å². The zero-order valence-corrected chi connectivity index (χ0v) is 8.54. The number of benzene rings is 1. The van der Waals surface area contributed by atoms with Crippen LogP contribution in [0.4, 0.5) is 11.4 Å². The van der Waals surface area contributed by atoms with Crippen molar-refractivity contribution in [3.8, 4) is 5.75 Å². The molecule has 4 nitrogen and oxygen atoms in total. The zero-order chi connectivity index (χ0) is 10.4. The largest absolute Gasteiger partial charge is 0.497 e. The quantitative estimate of drug-likeness (QED) is 0.551. The van der Waals surface area contributed by atoms with E-state index in [0.717, 1.165) is 18.0 Å². The van der Waals surface area contributed by atoms with Crippen LogP contribution >= 0.6 is 0 Å². The lowest BCUT2D eigenvalue weighted by Gasteiger charge is -2.08. The molecule has 0 aliphatic heterocycles. The lowest BCUT2D eigenvalue weighted by atomic mass is 10.2. The number of hydrogen-bond acceptors (Lipinski definition) is 4. The molecule has 0 bridgehead atoms. The molecule has 1 aromatic carbocycles. The highest BCUT2D eigenvalue weighted by Crippen LogP contribution is 2.21. The van der Waals surface area contributed by atoms with E-state index >= 15 is 0 Å². The van der Waals surface area contributed by atoms with Gasteiger partial charge in [-0.2, -0.15) is 0 Å². The summed E-state index contributed by atoms with van der Waals surface area (Å²) in [5.74, 6) is 0.755. The van der Waals surface area contributed by atoms with Gasteiger partial charge < -0.3 is 20.5 Å². The molecule has 0 fully saturated rings. The van der Waals surface area contributed by atoms with Crippen LogP contribution in [0.1, 0.15) is 0 Å². The Bertz CT molecular complexity index is 289. The average molecular weight is 196 g/mol. The number of anilines is 2. The number of nitrogen functional groups attached to an aromatic ring is 1. The van der Waals surface area contributed by atoms with Crippen molar-refractivity contribution in [2.24, 2.45) is 0 Å². The highest BCUT2D eigenvalue weighted by atomic mass is 16.5. The third-order valence-corrected chi connectivity index (χ3v) is 1.80. The van der Waals surface area contributed by atoms with Crippen LogP contribution in [-0.2, 0) is 4.74 Å². The Balaban J connectivity index is 2.62. The van der Waals surface area contributed by atoms with Gasteiger partial charge in [-0.3, -0.25) is 0 Å². The lowest BCUT2D eigenvalue weighted by Crippen LogP contribution is -2.07. The van der Waals surface area contributed by atoms with Crippen molar-refractivity contribution in [3.63, 3.8) is 0 Å². The standard InChI is InChI=1S/C10H16N2O2/c1-13-4-3-12-9-5-8(11)6-10(7-9)14-2/h5-7,12H,3-4,11H2,1-2H3. The molecule has 3 N–H and O–H groups in total. The fraction of sp³-hybridized carbons (Fsp3) is 0.400. The van der Waals surface area contributed by atoms with E-state index in [9.17, 15) is 0 Å². The molecule has 0 saturated heterocycles. The van der Waals surface area contributed by atoms with Gasteiger partial charge in [0.25, 0.3) is 0 Å². The predicted octanol–water partition coefficient (Wildman–Crippen LogP) is 1.34. The number of rotatable bonds is 5. The first-order valence-electron chi connectivity index (χ1n) is 4.43. The fourth-order valence-electron chi connectivity index (χ4n) is 1.14. The van der Waals surface area contributed by atoms with Crippen LogP contribution in [0.25, 0.3) is 0 Å². The summed E-state index contributed by atoms with van der Waals surface area (Å²) in [7, 11) is 3.29. The van der Waals surface area contributed by atoms with Gasteiger partial charge in [-0.25, -0.2) is 0 Å². The molecule has 1 rings (SSSR count). The summed E-state index contributed by atoms with van der Waals surface area (Å²) < 4.78 is 10.0. The topological polar surface area (TPSA) is 56.5 Å². The molecule has 0 saturated carbocycles. The molecule has 4 heteroatoms. The van der Waals surface area contributed by atoms with E-state index in [-0.39, 0.29) is 0 Å². The molecule has 0 aromatic heterocycles. The van der Waals surface area contributed by atoms with E-state index in [1.165, 1.54) is 0 Å². The van der Waals surface area contributed by atoms with Gasteiger partial charge in [-0.15, -0.1) is 0 Å². The molecule has 0 aliphatic carbocycles. The summed E-state index contributed by atoms with van der Waals surface area (Å²) in [6.45, 7) is 1.42. The molecular formula is C10H16N2O2. The van der Waals surface area contributed by atoms with E-state index in [2.05, 4.69) is 5.32 Å². The van der Waals surface area contributed by atoms with E-state index in [1.54, 1.807) is 20.3 Å². The number of nitrogens with two attached hydrogens (primary N) is 1. The molecule has 0 unspecified atom stereocenters. The van der Waals surface area contributed by atoms with Crippen molar-refractivity contribution in [3.05, 3.63) is 18.2 Å². The summed E-state index contributed by atoms with van der Waals surface area (Å²) in [4.78, 5) is 0. The normalized spacial score (nSPS) is 9.86. The molecule has 0 spiro atoms. The number of ether oxygens (including phenoxy) is 2. The molecule has 0 atom stereocenters. The molecule has 78 valence electrons. The Hall–Kier alpha value is -1.42. The predicted molar refractivity (Wildman–Crippen MR) is 57.8 cm³/mol. The van der Waals surface area contributed by atoms with Crippen LogP contribution in [0.3, 0.4) is 0 Å². The van der Waals surface area contributed by atoms with Gasteiger partial charge >= 0.3 is 0 Å². The van der Waals surface area contributed by atoms with Crippen molar-refractivity contribution in [2.75, 3.05) is 38.4 Å². The highest BCUT2D eigenvalue weighted by molar-refractivity contribution is 5.59. The molecule has 14 heavy (non-hydrogen) atoms. The Morgan fingerprint density at radius 1 is 1.29 bits per heavy atom. The van der Waals surface area contributed by atoms with Crippen LogP contribution in [0, 0.1) is 0 Å². The maximum absolute atomic E-state index is 5.69. The third-order valence-electron chi connectivity index (χ3n) is 1.80. The van der Waals surface area contributed by atoms with Crippen molar-refractivity contribution >= 4 is 11.4 Å². The van der Waals surface area contributed by atoms with Crippen LogP contribution in [0.5, 0.6) is 5.75 Å². The van der Waals surface area contributed by atoms with E-state index < -0.39 is 0 Å². The fourth-order valence-corrected chi connectivity index (χ4v) is 1.14. The van der Waals surface area contributed by atoms with Gasteiger partial charge in [0.05, 0.1) is 13.7 Å². The second-order valence-corrected chi connectivity index (χ2v) is 2.91. The maximum atomic E-state index is 5.69. The summed E-state index contributed by atoms with van der Waals surface area (Å²) in [6.07, 6.45) is 0. The van der Waals surface area contributed by atoms with Crippen LogP contribution in [-0.4, -0.2) is 27.4 Å². The minimum atomic E-state index is 0.664. The Morgan fingerprint density at radius 3 is 2.71 bits per heavy atom. The first-order valence-corrected chi connectivity index (χ1v) is 4.43. The summed E-state index contributed by atoms with van der Waals surface area (Å²) in [5.41, 5.74) is 7.32. The van der Waals surface area contributed by atoms with Gasteiger partial charge in [0.1, 0.15) is 5.75 Å². The minimum absolute atomic E-state index is 0.664. The van der Waals surface area contributed by atoms with Gasteiger partial charge in [-0.1, -0.05) is 0 Å². The Labute approximate surface area is 84.0 Å². The van der Waals surface area contributed by atoms with Gasteiger partial charge in [0.15, 0.2) is 0 Å². The summed E-state index contributed by atoms with van der Waals surface area (Å²) in [6, 6.07) is 5.53. The lowest BCUT2D eigenvalue weighted by molar-refractivity contribution is 0.211. The van der Waals surface area contributed by atoms with Crippen LogP contribution in [0.15, 0.2) is 18.2 Å². The van der Waals surface area contributed by atoms with Crippen LogP contribution in [0.2, 0.25) is 0 Å². The van der Waals surface area contributed by atoms with Crippen molar-refractivity contribution in [2.45, 2.75) is 0 Å². The Morgan fingerprint density at radius 2 is 2.07 bits per heavy atom. The van der Waals surface area contributed by atoms with Crippen molar-refractivity contribution in [1.82, 2.24) is 0 Å². The van der Waals surface area contributed by atoms with E-state index in [0.29, 0.717) is 12.3 Å². The van der Waals surface area contributed by atoms with Crippen molar-refractivity contribution < 1.29 is 9.47 Å². The summed E-state index contributed by atoms with van der Waals surface area (Å²) in [5, 5.41) is 3.18.